The van der Waals surface area contributed by atoms with Crippen molar-refractivity contribution in [1.82, 2.24) is 0 Å². The monoisotopic (exact) mass is 264 g/mol. The summed E-state index contributed by atoms with van der Waals surface area (Å²) in [6.45, 7) is 4.18. The zero-order valence-electron chi connectivity index (χ0n) is 11.8. The second-order valence-electron chi connectivity index (χ2n) is 5.13. The summed E-state index contributed by atoms with van der Waals surface area (Å²) >= 11 is 0. The molecule has 4 nitrogen and oxygen atoms in total. The van der Waals surface area contributed by atoms with Gasteiger partial charge in [0.25, 0.3) is 0 Å². The topological polar surface area (TPSA) is 78.3 Å². The van der Waals surface area contributed by atoms with E-state index in [9.17, 15) is 4.79 Å². The van der Waals surface area contributed by atoms with Gasteiger partial charge in [0, 0.05) is 6.42 Å². The minimum Gasteiger partial charge on any atom is -0.494 e. The zero-order valence-corrected chi connectivity index (χ0v) is 11.8. The van der Waals surface area contributed by atoms with Crippen LogP contribution in [0.1, 0.15) is 38.7 Å². The predicted molar refractivity (Wildman–Crippen MR) is 77.0 cm³/mol. The summed E-state index contributed by atoms with van der Waals surface area (Å²) in [6, 6.07) is 8.04. The normalized spacial score (nSPS) is 13.8. The lowest BCUT2D eigenvalue weighted by Gasteiger charge is -2.20. The fraction of sp³-hybridized carbons (Fsp3) is 0.533. The molecule has 0 saturated heterocycles. The average molecular weight is 264 g/mol. The molecule has 1 rings (SSSR count). The number of amides is 1. The molecular formula is C15H24N2O2. The maximum atomic E-state index is 11.1. The van der Waals surface area contributed by atoms with Crippen molar-refractivity contribution < 1.29 is 9.53 Å². The van der Waals surface area contributed by atoms with Crippen LogP contribution in [0.2, 0.25) is 0 Å². The molecule has 0 heterocycles. The number of primary amides is 1. The molecule has 0 fully saturated rings. The van der Waals surface area contributed by atoms with Crippen LogP contribution in [-0.2, 0) is 11.2 Å². The molecule has 0 bridgehead atoms. The molecule has 19 heavy (non-hydrogen) atoms. The minimum absolute atomic E-state index is 0.379. The van der Waals surface area contributed by atoms with Crippen molar-refractivity contribution in [3.8, 4) is 5.75 Å². The molecule has 4 heteroatoms. The van der Waals surface area contributed by atoms with Crippen molar-refractivity contribution in [3.05, 3.63) is 29.8 Å². The first kappa shape index (κ1) is 15.5. The SMILES string of the molecule is CCCCc1ccc(OCCC(C)(N)C(N)=O)cc1. The number of unbranched alkanes of at least 4 members (excludes halogenated alkanes) is 1. The van der Waals surface area contributed by atoms with Gasteiger partial charge in [0.2, 0.25) is 5.91 Å². The highest BCUT2D eigenvalue weighted by Gasteiger charge is 2.25. The van der Waals surface area contributed by atoms with Crippen LogP contribution < -0.4 is 16.2 Å². The summed E-state index contributed by atoms with van der Waals surface area (Å²) in [5.41, 5.74) is 11.2. The smallest absolute Gasteiger partial charge is 0.237 e. The van der Waals surface area contributed by atoms with E-state index in [1.807, 2.05) is 12.1 Å². The third kappa shape index (κ3) is 5.30. The van der Waals surface area contributed by atoms with E-state index in [0.29, 0.717) is 13.0 Å². The molecule has 0 aliphatic rings. The van der Waals surface area contributed by atoms with Crippen LogP contribution in [0.5, 0.6) is 5.75 Å². The maximum absolute atomic E-state index is 11.1. The zero-order chi connectivity index (χ0) is 14.3. The number of carbonyl (C=O) groups is 1. The Bertz CT molecular complexity index is 399. The number of aryl methyl sites for hydroxylation is 1. The molecule has 0 spiro atoms. The molecule has 1 unspecified atom stereocenters. The number of carbonyl (C=O) groups excluding carboxylic acids is 1. The van der Waals surface area contributed by atoms with E-state index in [0.717, 1.165) is 12.2 Å². The molecule has 0 aliphatic heterocycles. The predicted octanol–water partition coefficient (Wildman–Crippen LogP) is 2.00. The Labute approximate surface area is 115 Å². The van der Waals surface area contributed by atoms with Gasteiger partial charge in [-0.2, -0.15) is 0 Å². The Hall–Kier alpha value is -1.55. The average Bonchev–Trinajstić information content (AvgIpc) is 2.37. The quantitative estimate of drug-likeness (QED) is 0.753. The van der Waals surface area contributed by atoms with Crippen LogP contribution in [0.15, 0.2) is 24.3 Å². The highest BCUT2D eigenvalue weighted by atomic mass is 16.5. The van der Waals surface area contributed by atoms with Crippen molar-refractivity contribution in [3.63, 3.8) is 0 Å². The molecule has 106 valence electrons. The van der Waals surface area contributed by atoms with Crippen molar-refractivity contribution in [2.24, 2.45) is 11.5 Å². The number of ether oxygens (including phenoxy) is 1. The van der Waals surface area contributed by atoms with E-state index in [4.69, 9.17) is 16.2 Å². The van der Waals surface area contributed by atoms with Crippen molar-refractivity contribution >= 4 is 5.91 Å². The lowest BCUT2D eigenvalue weighted by molar-refractivity contribution is -0.123. The van der Waals surface area contributed by atoms with Crippen LogP contribution >= 0.6 is 0 Å². The molecule has 0 aromatic heterocycles. The number of benzene rings is 1. The second-order valence-corrected chi connectivity index (χ2v) is 5.13. The highest BCUT2D eigenvalue weighted by molar-refractivity contribution is 5.83. The standard InChI is InChI=1S/C15H24N2O2/c1-3-4-5-12-6-8-13(9-7-12)19-11-10-15(2,17)14(16)18/h6-9H,3-5,10-11,17H2,1-2H3,(H2,16,18). The molecule has 4 N–H and O–H groups in total. The van der Waals surface area contributed by atoms with Crippen molar-refractivity contribution in [2.45, 2.75) is 45.1 Å². The van der Waals surface area contributed by atoms with E-state index in [1.165, 1.54) is 18.4 Å². The summed E-state index contributed by atoms with van der Waals surface area (Å²) in [7, 11) is 0. The summed E-state index contributed by atoms with van der Waals surface area (Å²) < 4.78 is 5.56. The van der Waals surface area contributed by atoms with Gasteiger partial charge in [-0.3, -0.25) is 4.79 Å². The number of rotatable bonds is 8. The summed E-state index contributed by atoms with van der Waals surface area (Å²) in [5, 5.41) is 0. The number of hydrogen-bond acceptors (Lipinski definition) is 3. The van der Waals surface area contributed by atoms with Crippen molar-refractivity contribution in [1.29, 1.82) is 0 Å². The molecule has 1 amide bonds. The van der Waals surface area contributed by atoms with E-state index in [2.05, 4.69) is 19.1 Å². The van der Waals surface area contributed by atoms with E-state index in [1.54, 1.807) is 6.92 Å². The minimum atomic E-state index is -1.01. The molecule has 1 aromatic rings. The third-order valence-corrected chi connectivity index (χ3v) is 3.20. The Morgan fingerprint density at radius 1 is 1.32 bits per heavy atom. The molecule has 1 atom stereocenters. The van der Waals surface area contributed by atoms with Crippen LogP contribution in [0.3, 0.4) is 0 Å². The molecular weight excluding hydrogens is 240 g/mol. The van der Waals surface area contributed by atoms with Gasteiger partial charge in [0.05, 0.1) is 12.1 Å². The maximum Gasteiger partial charge on any atom is 0.237 e. The first-order chi connectivity index (χ1) is 8.95. The Kier molecular flexibility index (Phi) is 5.83. The third-order valence-electron chi connectivity index (χ3n) is 3.20. The summed E-state index contributed by atoms with van der Waals surface area (Å²) in [5.74, 6) is 0.284. The fourth-order valence-electron chi connectivity index (χ4n) is 1.64. The van der Waals surface area contributed by atoms with Crippen LogP contribution in [-0.4, -0.2) is 18.1 Å². The Balaban J connectivity index is 2.40. The van der Waals surface area contributed by atoms with Crippen molar-refractivity contribution in [2.75, 3.05) is 6.61 Å². The summed E-state index contributed by atoms with van der Waals surface area (Å²) in [4.78, 5) is 11.1. The van der Waals surface area contributed by atoms with E-state index in [-0.39, 0.29) is 0 Å². The first-order valence-electron chi connectivity index (χ1n) is 6.76. The van der Waals surface area contributed by atoms with Gasteiger partial charge in [-0.05, 0) is 37.5 Å². The van der Waals surface area contributed by atoms with Gasteiger partial charge in [-0.15, -0.1) is 0 Å². The van der Waals surface area contributed by atoms with Crippen LogP contribution in [0, 0.1) is 0 Å². The molecule has 0 radical (unpaired) electrons. The molecule has 0 aliphatic carbocycles. The molecule has 1 aromatic carbocycles. The summed E-state index contributed by atoms with van der Waals surface area (Å²) in [6.07, 6.45) is 3.89. The molecule has 0 saturated carbocycles. The Morgan fingerprint density at radius 3 is 2.47 bits per heavy atom. The van der Waals surface area contributed by atoms with Gasteiger partial charge < -0.3 is 16.2 Å². The van der Waals surface area contributed by atoms with Crippen LogP contribution in [0.25, 0.3) is 0 Å². The fourth-order valence-corrected chi connectivity index (χ4v) is 1.64. The van der Waals surface area contributed by atoms with E-state index >= 15 is 0 Å². The van der Waals surface area contributed by atoms with Gasteiger partial charge in [-0.1, -0.05) is 25.5 Å². The number of nitrogens with two attached hydrogens (primary N) is 2. The first-order valence-corrected chi connectivity index (χ1v) is 6.76. The van der Waals surface area contributed by atoms with Gasteiger partial charge in [0.15, 0.2) is 0 Å². The van der Waals surface area contributed by atoms with Crippen LogP contribution in [0.4, 0.5) is 0 Å². The number of hydrogen-bond donors (Lipinski definition) is 2. The largest absolute Gasteiger partial charge is 0.494 e. The van der Waals surface area contributed by atoms with Gasteiger partial charge >= 0.3 is 0 Å². The second kappa shape index (κ2) is 7.14. The lowest BCUT2D eigenvalue weighted by atomic mass is 9.99. The van der Waals surface area contributed by atoms with E-state index < -0.39 is 11.4 Å². The van der Waals surface area contributed by atoms with Gasteiger partial charge in [0.1, 0.15) is 5.75 Å². The highest BCUT2D eigenvalue weighted by Crippen LogP contribution is 2.15. The van der Waals surface area contributed by atoms with Gasteiger partial charge in [-0.25, -0.2) is 0 Å². The Morgan fingerprint density at radius 2 is 1.95 bits per heavy atom. The lowest BCUT2D eigenvalue weighted by Crippen LogP contribution is -2.50.